The summed E-state index contributed by atoms with van der Waals surface area (Å²) in [4.78, 5) is -0.208. The molecule has 1 rings (SSSR count). The Balaban J connectivity index is 3.20. The van der Waals surface area contributed by atoms with Crippen molar-refractivity contribution >= 4 is 33.2 Å². The van der Waals surface area contributed by atoms with Crippen molar-refractivity contribution in [2.24, 2.45) is 5.14 Å². The molecule has 0 aromatic heterocycles. The molecule has 1 atom stereocenters. The quantitative estimate of drug-likeness (QED) is 0.929. The summed E-state index contributed by atoms with van der Waals surface area (Å²) < 4.78 is 27.9. The Morgan fingerprint density at radius 2 is 1.94 bits per heavy atom. The van der Waals surface area contributed by atoms with Gasteiger partial charge in [-0.15, -0.1) is 0 Å². The minimum atomic E-state index is -3.88. The van der Waals surface area contributed by atoms with Crippen LogP contribution in [0.1, 0.15) is 20.3 Å². The summed E-state index contributed by atoms with van der Waals surface area (Å²) in [5.74, 6) is 0.346. The first-order valence-electron chi connectivity index (χ1n) is 4.94. The fourth-order valence-corrected chi connectivity index (χ4v) is 2.48. The van der Waals surface area contributed by atoms with Crippen LogP contribution in [0.4, 0.5) is 0 Å². The van der Waals surface area contributed by atoms with E-state index >= 15 is 0 Å². The van der Waals surface area contributed by atoms with Gasteiger partial charge in [0.05, 0.1) is 11.1 Å². The van der Waals surface area contributed by atoms with Gasteiger partial charge in [-0.2, -0.15) is 0 Å². The number of nitrogens with two attached hydrogens (primary N) is 1. The Kier molecular flexibility index (Phi) is 4.66. The highest BCUT2D eigenvalue weighted by Gasteiger charge is 2.19. The second kappa shape index (κ2) is 5.44. The van der Waals surface area contributed by atoms with Crippen LogP contribution >= 0.6 is 23.2 Å². The van der Waals surface area contributed by atoms with Crippen LogP contribution in [0.2, 0.25) is 10.0 Å². The van der Waals surface area contributed by atoms with Crippen LogP contribution in [0.3, 0.4) is 0 Å². The molecular weight excluding hydrogens is 285 g/mol. The van der Waals surface area contributed by atoms with Crippen LogP contribution in [0.25, 0.3) is 0 Å². The molecule has 1 unspecified atom stereocenters. The van der Waals surface area contributed by atoms with Gasteiger partial charge in [0.2, 0.25) is 10.0 Å². The molecule has 0 aliphatic heterocycles. The van der Waals surface area contributed by atoms with Crippen molar-refractivity contribution < 1.29 is 13.2 Å². The maximum Gasteiger partial charge on any atom is 0.239 e. The molecular formula is C10H13Cl2NO3S. The predicted octanol–water partition coefficient (Wildman–Crippen LogP) is 2.82. The molecule has 1 aromatic carbocycles. The second-order valence-electron chi connectivity index (χ2n) is 3.57. The molecule has 96 valence electrons. The molecule has 0 bridgehead atoms. The Bertz CT molecular complexity index is 517. The van der Waals surface area contributed by atoms with Crippen molar-refractivity contribution in [3.63, 3.8) is 0 Å². The minimum Gasteiger partial charge on any atom is -0.489 e. The average molecular weight is 298 g/mol. The lowest BCUT2D eigenvalue weighted by molar-refractivity contribution is 0.217. The molecule has 0 spiro atoms. The van der Waals surface area contributed by atoms with Crippen LogP contribution in [0, 0.1) is 0 Å². The number of benzene rings is 1. The highest BCUT2D eigenvalue weighted by Crippen LogP contribution is 2.36. The lowest BCUT2D eigenvalue weighted by atomic mass is 10.3. The third-order valence-electron chi connectivity index (χ3n) is 2.22. The summed E-state index contributed by atoms with van der Waals surface area (Å²) in [6.07, 6.45) is 0.758. The van der Waals surface area contributed by atoms with Crippen LogP contribution in [-0.4, -0.2) is 14.5 Å². The largest absolute Gasteiger partial charge is 0.489 e. The van der Waals surface area contributed by atoms with Crippen molar-refractivity contribution in [2.45, 2.75) is 31.3 Å². The van der Waals surface area contributed by atoms with Gasteiger partial charge in [-0.3, -0.25) is 0 Å². The highest BCUT2D eigenvalue weighted by atomic mass is 35.5. The van der Waals surface area contributed by atoms with Crippen molar-refractivity contribution in [1.82, 2.24) is 0 Å². The average Bonchev–Trinajstić information content (AvgIpc) is 2.22. The number of rotatable bonds is 4. The molecule has 0 fully saturated rings. The van der Waals surface area contributed by atoms with Gasteiger partial charge in [0.15, 0.2) is 0 Å². The molecule has 7 heteroatoms. The zero-order valence-corrected chi connectivity index (χ0v) is 11.7. The maximum atomic E-state index is 11.2. The van der Waals surface area contributed by atoms with E-state index in [0.717, 1.165) is 6.42 Å². The topological polar surface area (TPSA) is 69.4 Å². The van der Waals surface area contributed by atoms with Gasteiger partial charge < -0.3 is 4.74 Å². The molecule has 17 heavy (non-hydrogen) atoms. The van der Waals surface area contributed by atoms with Crippen molar-refractivity contribution in [3.05, 3.63) is 22.2 Å². The molecule has 1 aromatic rings. The van der Waals surface area contributed by atoms with E-state index in [0.29, 0.717) is 5.75 Å². The molecule has 0 heterocycles. The fraction of sp³-hybridized carbons (Fsp3) is 0.400. The summed E-state index contributed by atoms with van der Waals surface area (Å²) in [5, 5.41) is 4.93. The van der Waals surface area contributed by atoms with E-state index in [2.05, 4.69) is 0 Å². The van der Waals surface area contributed by atoms with Crippen molar-refractivity contribution in [1.29, 1.82) is 0 Å². The van der Waals surface area contributed by atoms with Gasteiger partial charge in [0.25, 0.3) is 0 Å². The summed E-state index contributed by atoms with van der Waals surface area (Å²) in [6.45, 7) is 3.83. The lowest BCUT2D eigenvalue weighted by Gasteiger charge is -2.15. The molecule has 0 saturated heterocycles. The number of hydrogen-bond acceptors (Lipinski definition) is 3. The van der Waals surface area contributed by atoms with E-state index in [-0.39, 0.29) is 21.0 Å². The summed E-state index contributed by atoms with van der Waals surface area (Å²) >= 11 is 11.8. The normalized spacial score (nSPS) is 13.5. The zero-order valence-electron chi connectivity index (χ0n) is 9.41. The highest BCUT2D eigenvalue weighted by molar-refractivity contribution is 7.89. The van der Waals surface area contributed by atoms with E-state index in [1.165, 1.54) is 12.1 Å². The Labute approximate surface area is 111 Å². The van der Waals surface area contributed by atoms with Gasteiger partial charge in [-0.25, -0.2) is 13.6 Å². The zero-order chi connectivity index (χ0) is 13.2. The summed E-state index contributed by atoms with van der Waals surface area (Å²) in [5.41, 5.74) is 0. The first-order valence-corrected chi connectivity index (χ1v) is 7.25. The summed E-state index contributed by atoms with van der Waals surface area (Å²) in [7, 11) is -3.88. The number of halogens is 2. The van der Waals surface area contributed by atoms with E-state index in [4.69, 9.17) is 33.1 Å². The minimum absolute atomic E-state index is 0.0381. The molecule has 0 radical (unpaired) electrons. The Hall–Kier alpha value is -0.490. The number of sulfonamides is 1. The molecule has 4 nitrogen and oxygen atoms in total. The van der Waals surface area contributed by atoms with Crippen LogP contribution in [0.15, 0.2) is 17.0 Å². The van der Waals surface area contributed by atoms with E-state index in [1.54, 1.807) is 0 Å². The van der Waals surface area contributed by atoms with Crippen LogP contribution in [0.5, 0.6) is 5.75 Å². The molecule has 0 aliphatic rings. The number of hydrogen-bond donors (Lipinski definition) is 1. The van der Waals surface area contributed by atoms with Gasteiger partial charge in [0, 0.05) is 0 Å². The smallest absolute Gasteiger partial charge is 0.239 e. The standard InChI is InChI=1S/C10H13Cl2NO3S/c1-3-6(2)16-7-4-5-8(17(13,14)15)10(12)9(7)11/h4-6H,3H2,1-2H3,(H2,13,14,15). The summed E-state index contributed by atoms with van der Waals surface area (Å²) in [6, 6.07) is 2.72. The first-order chi connectivity index (χ1) is 7.77. The molecule has 0 saturated carbocycles. The van der Waals surface area contributed by atoms with Gasteiger partial charge >= 0.3 is 0 Å². The first kappa shape index (κ1) is 14.6. The Morgan fingerprint density at radius 3 is 2.41 bits per heavy atom. The van der Waals surface area contributed by atoms with Crippen LogP contribution in [-0.2, 0) is 10.0 Å². The van der Waals surface area contributed by atoms with Crippen LogP contribution < -0.4 is 9.88 Å². The van der Waals surface area contributed by atoms with E-state index in [9.17, 15) is 8.42 Å². The van der Waals surface area contributed by atoms with Crippen molar-refractivity contribution in [3.8, 4) is 5.75 Å². The number of primary sulfonamides is 1. The number of ether oxygens (including phenoxy) is 1. The second-order valence-corrected chi connectivity index (χ2v) is 5.86. The fourth-order valence-electron chi connectivity index (χ4n) is 1.12. The maximum absolute atomic E-state index is 11.2. The molecule has 0 aliphatic carbocycles. The van der Waals surface area contributed by atoms with Crippen molar-refractivity contribution in [2.75, 3.05) is 0 Å². The van der Waals surface area contributed by atoms with Gasteiger partial charge in [0.1, 0.15) is 15.7 Å². The van der Waals surface area contributed by atoms with E-state index < -0.39 is 10.0 Å². The Morgan fingerprint density at radius 1 is 1.35 bits per heavy atom. The lowest BCUT2D eigenvalue weighted by Crippen LogP contribution is -2.14. The SMILES string of the molecule is CCC(C)Oc1ccc(S(N)(=O)=O)c(Cl)c1Cl. The van der Waals surface area contributed by atoms with E-state index in [1.807, 2.05) is 13.8 Å². The van der Waals surface area contributed by atoms with Gasteiger partial charge in [-0.05, 0) is 25.5 Å². The third-order valence-corrected chi connectivity index (χ3v) is 4.15. The predicted molar refractivity (Wildman–Crippen MR) is 68.2 cm³/mol. The third kappa shape index (κ3) is 3.48. The monoisotopic (exact) mass is 297 g/mol. The van der Waals surface area contributed by atoms with Gasteiger partial charge in [-0.1, -0.05) is 30.1 Å². The molecule has 0 amide bonds. The molecule has 2 N–H and O–H groups in total.